The molecule has 1 amide bonds. The average Bonchev–Trinajstić information content (AvgIpc) is 2.38. The third kappa shape index (κ3) is 5.03. The first-order valence-corrected chi connectivity index (χ1v) is 7.21. The van der Waals surface area contributed by atoms with Gasteiger partial charge in [-0.1, -0.05) is 20.3 Å². The summed E-state index contributed by atoms with van der Waals surface area (Å²) in [5, 5.41) is 6.57. The van der Waals surface area contributed by atoms with Crippen LogP contribution in [0, 0.1) is 0 Å². The van der Waals surface area contributed by atoms with E-state index in [9.17, 15) is 4.79 Å². The molecule has 6 nitrogen and oxygen atoms in total. The van der Waals surface area contributed by atoms with Gasteiger partial charge in [0.25, 0.3) is 0 Å². The Morgan fingerprint density at radius 1 is 1.30 bits per heavy atom. The van der Waals surface area contributed by atoms with E-state index in [1.54, 1.807) is 0 Å². The summed E-state index contributed by atoms with van der Waals surface area (Å²) >= 11 is 0. The molecule has 0 bridgehead atoms. The highest BCUT2D eigenvalue weighted by Crippen LogP contribution is 2.22. The summed E-state index contributed by atoms with van der Waals surface area (Å²) in [4.78, 5) is 19.6. The van der Waals surface area contributed by atoms with Crippen molar-refractivity contribution in [2.24, 2.45) is 5.73 Å². The molecule has 1 aromatic rings. The molecule has 0 saturated heterocycles. The van der Waals surface area contributed by atoms with E-state index in [1.807, 2.05) is 6.92 Å². The lowest BCUT2D eigenvalue weighted by molar-refractivity contribution is -0.118. The Morgan fingerprint density at radius 2 is 2.00 bits per heavy atom. The van der Waals surface area contributed by atoms with Crippen LogP contribution in [0.1, 0.15) is 45.6 Å². The predicted octanol–water partition coefficient (Wildman–Crippen LogP) is 1.93. The maximum absolute atomic E-state index is 11.0. The molecule has 6 heteroatoms. The maximum atomic E-state index is 11.0. The molecule has 20 heavy (non-hydrogen) atoms. The molecular formula is C14H25N5O. The monoisotopic (exact) mass is 279 g/mol. The zero-order valence-electron chi connectivity index (χ0n) is 12.6. The van der Waals surface area contributed by atoms with Gasteiger partial charge in [0.15, 0.2) is 0 Å². The van der Waals surface area contributed by atoms with Crippen LogP contribution in [0.2, 0.25) is 0 Å². The molecule has 0 aliphatic heterocycles. The van der Waals surface area contributed by atoms with Crippen molar-refractivity contribution in [3.05, 3.63) is 11.9 Å². The number of nitrogens with zero attached hydrogens (tertiary/aromatic N) is 2. The second-order valence-electron chi connectivity index (χ2n) is 4.94. The van der Waals surface area contributed by atoms with Crippen molar-refractivity contribution in [2.75, 3.05) is 17.2 Å². The van der Waals surface area contributed by atoms with Crippen LogP contribution >= 0.6 is 0 Å². The van der Waals surface area contributed by atoms with Crippen LogP contribution in [0.15, 0.2) is 6.33 Å². The second kappa shape index (κ2) is 8.35. The van der Waals surface area contributed by atoms with E-state index in [0.29, 0.717) is 0 Å². The Bertz CT molecular complexity index is 436. The van der Waals surface area contributed by atoms with Gasteiger partial charge in [0.2, 0.25) is 5.91 Å². The number of primary amides is 1. The van der Waals surface area contributed by atoms with E-state index < -0.39 is 0 Å². The van der Waals surface area contributed by atoms with Crippen LogP contribution in [-0.2, 0) is 11.2 Å². The molecule has 0 spiro atoms. The maximum Gasteiger partial charge on any atom is 0.219 e. The van der Waals surface area contributed by atoms with Crippen LogP contribution in [0.25, 0.3) is 0 Å². The van der Waals surface area contributed by atoms with Crippen molar-refractivity contribution in [1.82, 2.24) is 9.97 Å². The lowest BCUT2D eigenvalue weighted by atomic mass is 10.1. The minimum Gasteiger partial charge on any atom is -0.370 e. The molecule has 1 atom stereocenters. The SMILES string of the molecule is CCCNc1ncnc(NC(C)CC(N)=O)c1CCC. The fourth-order valence-corrected chi connectivity index (χ4v) is 2.01. The summed E-state index contributed by atoms with van der Waals surface area (Å²) in [6, 6.07) is -0.0444. The van der Waals surface area contributed by atoms with Crippen LogP contribution in [0.5, 0.6) is 0 Å². The van der Waals surface area contributed by atoms with Crippen molar-refractivity contribution < 1.29 is 4.79 Å². The molecule has 0 aliphatic carbocycles. The van der Waals surface area contributed by atoms with Crippen LogP contribution in [0.4, 0.5) is 11.6 Å². The fourth-order valence-electron chi connectivity index (χ4n) is 2.01. The summed E-state index contributed by atoms with van der Waals surface area (Å²) in [5.74, 6) is 1.34. The number of nitrogens with one attached hydrogen (secondary N) is 2. The minimum atomic E-state index is -0.319. The molecule has 112 valence electrons. The van der Waals surface area contributed by atoms with Gasteiger partial charge in [0.05, 0.1) is 0 Å². The summed E-state index contributed by atoms with van der Waals surface area (Å²) in [7, 11) is 0. The Balaban J connectivity index is 2.90. The topological polar surface area (TPSA) is 92.9 Å². The first kappa shape index (κ1) is 16.2. The standard InChI is InChI=1S/C14H25N5O/c1-4-6-11-13(16-7-5-2)17-9-18-14(11)19-10(3)8-12(15)20/h9-10H,4-8H2,1-3H3,(H2,15,20)(H2,16,17,18,19). The number of rotatable bonds is 9. The number of aromatic nitrogens is 2. The number of hydrogen-bond acceptors (Lipinski definition) is 5. The van der Waals surface area contributed by atoms with Gasteiger partial charge in [-0.15, -0.1) is 0 Å². The van der Waals surface area contributed by atoms with E-state index in [4.69, 9.17) is 5.73 Å². The van der Waals surface area contributed by atoms with Gasteiger partial charge in [-0.25, -0.2) is 9.97 Å². The molecule has 0 aliphatic rings. The normalized spacial score (nSPS) is 11.9. The molecule has 4 N–H and O–H groups in total. The fraction of sp³-hybridized carbons (Fsp3) is 0.643. The smallest absolute Gasteiger partial charge is 0.219 e. The Labute approximate surface area is 120 Å². The number of amides is 1. The van der Waals surface area contributed by atoms with E-state index in [0.717, 1.165) is 43.0 Å². The first-order chi connectivity index (χ1) is 9.58. The second-order valence-corrected chi connectivity index (χ2v) is 4.94. The number of anilines is 2. The molecular weight excluding hydrogens is 254 g/mol. The molecule has 1 aromatic heterocycles. The van der Waals surface area contributed by atoms with Gasteiger partial charge in [-0.3, -0.25) is 4.79 Å². The number of hydrogen-bond donors (Lipinski definition) is 3. The van der Waals surface area contributed by atoms with Gasteiger partial charge >= 0.3 is 0 Å². The Morgan fingerprint density at radius 3 is 2.60 bits per heavy atom. The van der Waals surface area contributed by atoms with Gasteiger partial charge < -0.3 is 16.4 Å². The van der Waals surface area contributed by atoms with Crippen molar-refractivity contribution in [3.8, 4) is 0 Å². The van der Waals surface area contributed by atoms with Gasteiger partial charge in [0, 0.05) is 24.6 Å². The van der Waals surface area contributed by atoms with E-state index >= 15 is 0 Å². The van der Waals surface area contributed by atoms with E-state index in [2.05, 4.69) is 34.4 Å². The van der Waals surface area contributed by atoms with Gasteiger partial charge in [0.1, 0.15) is 18.0 Å². The van der Waals surface area contributed by atoms with Crippen molar-refractivity contribution in [1.29, 1.82) is 0 Å². The molecule has 0 saturated carbocycles. The van der Waals surface area contributed by atoms with Crippen molar-refractivity contribution >= 4 is 17.5 Å². The third-order valence-corrected chi connectivity index (χ3v) is 2.88. The lowest BCUT2D eigenvalue weighted by Gasteiger charge is -2.18. The highest BCUT2D eigenvalue weighted by atomic mass is 16.1. The lowest BCUT2D eigenvalue weighted by Crippen LogP contribution is -2.25. The van der Waals surface area contributed by atoms with E-state index in [-0.39, 0.29) is 18.4 Å². The summed E-state index contributed by atoms with van der Waals surface area (Å²) in [6.07, 6.45) is 4.76. The van der Waals surface area contributed by atoms with Gasteiger partial charge in [-0.2, -0.15) is 0 Å². The molecule has 0 aromatic carbocycles. The number of carbonyl (C=O) groups excluding carboxylic acids is 1. The van der Waals surface area contributed by atoms with Crippen LogP contribution in [-0.4, -0.2) is 28.5 Å². The molecule has 0 radical (unpaired) electrons. The summed E-state index contributed by atoms with van der Waals surface area (Å²) < 4.78 is 0. The Hall–Kier alpha value is -1.85. The van der Waals surface area contributed by atoms with Crippen LogP contribution in [0.3, 0.4) is 0 Å². The van der Waals surface area contributed by atoms with E-state index in [1.165, 1.54) is 6.33 Å². The Kier molecular flexibility index (Phi) is 6.76. The zero-order valence-corrected chi connectivity index (χ0v) is 12.6. The van der Waals surface area contributed by atoms with Gasteiger partial charge in [-0.05, 0) is 19.8 Å². The number of carbonyl (C=O) groups is 1. The quantitative estimate of drug-likeness (QED) is 0.642. The average molecular weight is 279 g/mol. The third-order valence-electron chi connectivity index (χ3n) is 2.88. The minimum absolute atomic E-state index is 0.0444. The first-order valence-electron chi connectivity index (χ1n) is 7.21. The highest BCUT2D eigenvalue weighted by Gasteiger charge is 2.13. The predicted molar refractivity (Wildman–Crippen MR) is 81.7 cm³/mol. The highest BCUT2D eigenvalue weighted by molar-refractivity contribution is 5.75. The number of nitrogens with two attached hydrogens (primary N) is 1. The summed E-state index contributed by atoms with van der Waals surface area (Å²) in [6.45, 7) is 7.03. The zero-order chi connectivity index (χ0) is 15.0. The summed E-state index contributed by atoms with van der Waals surface area (Å²) in [5.41, 5.74) is 6.28. The van der Waals surface area contributed by atoms with Crippen molar-refractivity contribution in [3.63, 3.8) is 0 Å². The van der Waals surface area contributed by atoms with Crippen LogP contribution < -0.4 is 16.4 Å². The largest absolute Gasteiger partial charge is 0.370 e. The molecule has 1 heterocycles. The molecule has 1 unspecified atom stereocenters. The molecule has 1 rings (SSSR count). The van der Waals surface area contributed by atoms with Crippen molar-refractivity contribution in [2.45, 2.75) is 52.5 Å². The molecule has 0 fully saturated rings.